The van der Waals surface area contributed by atoms with Crippen LogP contribution in [-0.4, -0.2) is 51.2 Å². The first kappa shape index (κ1) is 24.6. The fraction of sp³-hybridized carbons (Fsp3) is 0.333. The van der Waals surface area contributed by atoms with E-state index in [1.807, 2.05) is 54.6 Å². The monoisotopic (exact) mass is 450 g/mol. The Kier molecular flexibility index (Phi) is 9.57. The van der Waals surface area contributed by atoms with Crippen LogP contribution in [0.15, 0.2) is 78.9 Å². The average Bonchev–Trinajstić information content (AvgIpc) is 2.87. The Hall–Kier alpha value is -3.06. The molecule has 0 aliphatic rings. The molecule has 0 heterocycles. The normalized spacial score (nSPS) is 12.9. The van der Waals surface area contributed by atoms with Crippen LogP contribution in [0.4, 0.5) is 0 Å². The maximum absolute atomic E-state index is 10.3. The molecule has 0 aliphatic carbocycles. The van der Waals surface area contributed by atoms with E-state index >= 15 is 0 Å². The summed E-state index contributed by atoms with van der Waals surface area (Å²) in [4.78, 5) is 0. The molecule has 0 amide bonds. The molecular weight excluding hydrogens is 416 g/mol. The summed E-state index contributed by atoms with van der Waals surface area (Å²) < 4.78 is 16.2. The molecule has 0 saturated carbocycles. The summed E-state index contributed by atoms with van der Waals surface area (Å²) in [6.45, 7) is 3.51. The molecule has 6 heteroatoms. The van der Waals surface area contributed by atoms with E-state index in [9.17, 15) is 5.11 Å². The molecule has 0 bridgehead atoms. The molecule has 3 rings (SSSR count). The van der Waals surface area contributed by atoms with E-state index in [2.05, 4.69) is 41.8 Å². The van der Waals surface area contributed by atoms with Crippen LogP contribution in [0.1, 0.15) is 24.1 Å². The van der Waals surface area contributed by atoms with Crippen molar-refractivity contribution < 1.29 is 19.3 Å². The van der Waals surface area contributed by atoms with E-state index in [4.69, 9.17) is 14.2 Å². The minimum atomic E-state index is -0.591. The summed E-state index contributed by atoms with van der Waals surface area (Å²) in [6, 6.07) is 25.9. The van der Waals surface area contributed by atoms with Crippen LogP contribution in [0.5, 0.6) is 17.2 Å². The lowest BCUT2D eigenvalue weighted by atomic mass is 9.98. The van der Waals surface area contributed by atoms with E-state index in [0.29, 0.717) is 6.54 Å². The van der Waals surface area contributed by atoms with Gasteiger partial charge in [-0.15, -0.1) is 0 Å². The Labute approximate surface area is 196 Å². The summed E-state index contributed by atoms with van der Waals surface area (Å²) in [5, 5.41) is 17.3. The Morgan fingerprint density at radius 3 is 1.76 bits per heavy atom. The predicted molar refractivity (Wildman–Crippen MR) is 131 cm³/mol. The number of para-hydroxylation sites is 1. The van der Waals surface area contributed by atoms with Crippen LogP contribution in [0, 0.1) is 0 Å². The van der Waals surface area contributed by atoms with Crippen molar-refractivity contribution in [1.29, 1.82) is 0 Å². The molecule has 2 atom stereocenters. The van der Waals surface area contributed by atoms with Crippen LogP contribution in [-0.2, 0) is 0 Å². The van der Waals surface area contributed by atoms with E-state index in [-0.39, 0.29) is 18.7 Å². The van der Waals surface area contributed by atoms with Crippen LogP contribution >= 0.6 is 0 Å². The third kappa shape index (κ3) is 7.79. The lowest BCUT2D eigenvalue weighted by Crippen LogP contribution is -2.42. The zero-order valence-corrected chi connectivity index (χ0v) is 19.5. The second-order valence-corrected chi connectivity index (χ2v) is 7.97. The number of methoxy groups -OCH3 is 2. The maximum Gasteiger partial charge on any atom is 0.119 e. The predicted octanol–water partition coefficient (Wildman–Crippen LogP) is 3.80. The fourth-order valence-electron chi connectivity index (χ4n) is 3.49. The molecule has 3 aromatic carbocycles. The van der Waals surface area contributed by atoms with Crippen LogP contribution in [0.2, 0.25) is 0 Å². The highest BCUT2D eigenvalue weighted by Crippen LogP contribution is 2.26. The molecule has 0 aromatic heterocycles. The minimum absolute atomic E-state index is 0.0115. The minimum Gasteiger partial charge on any atom is -0.497 e. The molecule has 0 radical (unpaired) electrons. The summed E-state index contributed by atoms with van der Waals surface area (Å²) in [5.41, 5.74) is 2.29. The van der Waals surface area contributed by atoms with E-state index < -0.39 is 6.10 Å². The topological polar surface area (TPSA) is 72.0 Å². The quantitative estimate of drug-likeness (QED) is 0.368. The number of aliphatic hydroxyl groups is 1. The maximum atomic E-state index is 10.3. The SMILES string of the molecule is COc1ccc(C(NC[C@@H](C)NC[C@H](O)COc2ccccc2)c2ccc(OC)cc2)cc1. The zero-order valence-electron chi connectivity index (χ0n) is 19.5. The average molecular weight is 451 g/mol. The number of hydrogen-bond acceptors (Lipinski definition) is 6. The van der Waals surface area contributed by atoms with E-state index in [1.54, 1.807) is 14.2 Å². The molecular formula is C27H34N2O4. The number of hydrogen-bond donors (Lipinski definition) is 3. The zero-order chi connectivity index (χ0) is 23.5. The van der Waals surface area contributed by atoms with Gasteiger partial charge >= 0.3 is 0 Å². The number of ether oxygens (including phenoxy) is 3. The second kappa shape index (κ2) is 12.8. The van der Waals surface area contributed by atoms with Gasteiger partial charge in [-0.1, -0.05) is 42.5 Å². The van der Waals surface area contributed by atoms with Gasteiger partial charge < -0.3 is 30.0 Å². The highest BCUT2D eigenvalue weighted by atomic mass is 16.5. The van der Waals surface area contributed by atoms with Crippen molar-refractivity contribution >= 4 is 0 Å². The van der Waals surface area contributed by atoms with Crippen molar-refractivity contribution in [2.75, 3.05) is 33.9 Å². The van der Waals surface area contributed by atoms with Crippen molar-refractivity contribution in [3.05, 3.63) is 90.0 Å². The first-order valence-electron chi connectivity index (χ1n) is 11.2. The van der Waals surface area contributed by atoms with Gasteiger partial charge in [-0.25, -0.2) is 0 Å². The van der Waals surface area contributed by atoms with Crippen molar-refractivity contribution in [3.8, 4) is 17.2 Å². The van der Waals surface area contributed by atoms with Crippen molar-refractivity contribution in [3.63, 3.8) is 0 Å². The summed E-state index contributed by atoms with van der Waals surface area (Å²) >= 11 is 0. The van der Waals surface area contributed by atoms with Gasteiger partial charge in [0.05, 0.1) is 20.3 Å². The Bertz CT molecular complexity index is 885. The highest BCUT2D eigenvalue weighted by molar-refractivity contribution is 5.37. The lowest BCUT2D eigenvalue weighted by molar-refractivity contribution is 0.104. The third-order valence-corrected chi connectivity index (χ3v) is 5.41. The van der Waals surface area contributed by atoms with Crippen molar-refractivity contribution in [1.82, 2.24) is 10.6 Å². The number of benzene rings is 3. The summed E-state index contributed by atoms with van der Waals surface area (Å²) in [7, 11) is 3.34. The van der Waals surface area contributed by atoms with Crippen LogP contribution in [0.25, 0.3) is 0 Å². The largest absolute Gasteiger partial charge is 0.497 e. The van der Waals surface area contributed by atoms with Crippen LogP contribution < -0.4 is 24.8 Å². The first-order chi connectivity index (χ1) is 16.1. The van der Waals surface area contributed by atoms with Gasteiger partial charge in [0.25, 0.3) is 0 Å². The van der Waals surface area contributed by atoms with Crippen molar-refractivity contribution in [2.24, 2.45) is 0 Å². The molecule has 176 valence electrons. The molecule has 0 unspecified atom stereocenters. The summed E-state index contributed by atoms with van der Waals surface area (Å²) in [6.07, 6.45) is -0.591. The summed E-state index contributed by atoms with van der Waals surface area (Å²) in [5.74, 6) is 2.41. The Morgan fingerprint density at radius 2 is 1.24 bits per heavy atom. The Balaban J connectivity index is 1.55. The van der Waals surface area contributed by atoms with Gasteiger partial charge in [-0.05, 0) is 54.4 Å². The molecule has 33 heavy (non-hydrogen) atoms. The second-order valence-electron chi connectivity index (χ2n) is 7.97. The molecule has 0 fully saturated rings. The van der Waals surface area contributed by atoms with Gasteiger partial charge in [-0.2, -0.15) is 0 Å². The lowest BCUT2D eigenvalue weighted by Gasteiger charge is -2.24. The smallest absolute Gasteiger partial charge is 0.119 e. The first-order valence-corrected chi connectivity index (χ1v) is 11.2. The van der Waals surface area contributed by atoms with E-state index in [0.717, 1.165) is 34.9 Å². The van der Waals surface area contributed by atoms with Gasteiger partial charge in [0, 0.05) is 19.1 Å². The van der Waals surface area contributed by atoms with E-state index in [1.165, 1.54) is 0 Å². The standard InChI is InChI=1S/C27H34N2O4/c1-20(28-18-23(30)19-33-26-7-5-4-6-8-26)17-29-27(21-9-13-24(31-2)14-10-21)22-11-15-25(32-3)16-12-22/h4-16,20,23,27-30H,17-19H2,1-3H3/t20-,23+/m1/s1. The van der Waals surface area contributed by atoms with Gasteiger partial charge in [0.2, 0.25) is 0 Å². The molecule has 0 aliphatic heterocycles. The fourth-order valence-corrected chi connectivity index (χ4v) is 3.49. The molecule has 6 nitrogen and oxygen atoms in total. The molecule has 3 aromatic rings. The molecule has 0 spiro atoms. The van der Waals surface area contributed by atoms with Crippen molar-refractivity contribution in [2.45, 2.75) is 25.1 Å². The van der Waals surface area contributed by atoms with Gasteiger partial charge in [-0.3, -0.25) is 0 Å². The molecule has 3 N–H and O–H groups in total. The van der Waals surface area contributed by atoms with Gasteiger partial charge in [0.15, 0.2) is 0 Å². The van der Waals surface area contributed by atoms with Gasteiger partial charge in [0.1, 0.15) is 30.0 Å². The highest BCUT2D eigenvalue weighted by Gasteiger charge is 2.16. The number of aliphatic hydroxyl groups excluding tert-OH is 1. The molecule has 0 saturated heterocycles. The third-order valence-electron chi connectivity index (χ3n) is 5.41. The number of nitrogens with one attached hydrogen (secondary N) is 2. The van der Waals surface area contributed by atoms with Crippen LogP contribution in [0.3, 0.4) is 0 Å². The number of rotatable bonds is 13. The Morgan fingerprint density at radius 1 is 0.697 bits per heavy atom.